The first-order valence-corrected chi connectivity index (χ1v) is 32.7. The Kier molecular flexibility index (Phi) is 11.6. The third-order valence-corrected chi connectivity index (χ3v) is 27.2. The van der Waals surface area contributed by atoms with Crippen LogP contribution in [0.3, 0.4) is 0 Å². The number of hydrogen-bond acceptors (Lipinski definition) is 0. The average molecular weight is 1090 g/mol. The van der Waals surface area contributed by atoms with E-state index < -0.39 is 16.1 Å². The second kappa shape index (κ2) is 19.7. The van der Waals surface area contributed by atoms with Gasteiger partial charge in [-0.2, -0.15) is 0 Å². The molecule has 0 bridgehead atoms. The van der Waals surface area contributed by atoms with E-state index in [-0.39, 0.29) is 0 Å². The summed E-state index contributed by atoms with van der Waals surface area (Å²) < 4.78 is 7.52. The lowest BCUT2D eigenvalue weighted by atomic mass is 10.1. The zero-order valence-electron chi connectivity index (χ0n) is 45.6. The predicted molar refractivity (Wildman–Crippen MR) is 357 cm³/mol. The monoisotopic (exact) mass is 1090 g/mol. The normalized spacial score (nSPS) is 12.1. The summed E-state index contributed by atoms with van der Waals surface area (Å²) in [5.74, 6) is 0. The molecule has 0 spiro atoms. The highest BCUT2D eigenvalue weighted by molar-refractivity contribution is 7.22. The van der Waals surface area contributed by atoms with Crippen LogP contribution >= 0.6 is 0 Å². The predicted octanol–water partition coefficient (Wildman–Crippen LogP) is 13.7. The Hall–Kier alpha value is -10.3. The number of fused-ring (bicyclic) bond motifs is 9. The first-order valence-electron chi connectivity index (χ1n) is 28.7. The molecular weight excluding hydrogens is 1040 g/mol. The van der Waals surface area contributed by atoms with Crippen molar-refractivity contribution < 1.29 is 0 Å². The summed E-state index contributed by atoms with van der Waals surface area (Å²) in [5, 5.41) is 18.0. The van der Waals surface area contributed by atoms with Crippen LogP contribution in [0, 0.1) is 0 Å². The molecule has 3 heterocycles. The fraction of sp³-hybridized carbons (Fsp3) is 0. The van der Waals surface area contributed by atoms with Crippen LogP contribution in [0.2, 0.25) is 0 Å². The van der Waals surface area contributed by atoms with E-state index in [4.69, 9.17) is 0 Å². The Morgan fingerprint density at radius 1 is 0.157 bits per heavy atom. The van der Waals surface area contributed by atoms with Crippen LogP contribution in [0.4, 0.5) is 0 Å². The molecule has 13 aromatic carbocycles. The summed E-state index contributed by atoms with van der Waals surface area (Å²) in [7, 11) is -6.37. The maximum Gasteiger partial charge on any atom is 0.179 e. The molecule has 390 valence electrons. The SMILES string of the molecule is c1ccc([Si](c2ccccc2)(c2ccccc2)c2cc(-n3c4ccc(-n5c6ccccc6c6ccccc65)cc4c4cc(-n5c6ccccc6c6ccccc65)ccc43)cc([Si](c3ccccc3)(c3ccccc3)c3ccccc3)c2)cc1. The van der Waals surface area contributed by atoms with Gasteiger partial charge in [0.2, 0.25) is 0 Å². The second-order valence-electron chi connectivity index (χ2n) is 21.9. The molecule has 3 aromatic heterocycles. The summed E-state index contributed by atoms with van der Waals surface area (Å²) in [6.07, 6.45) is 0. The van der Waals surface area contributed by atoms with Crippen molar-refractivity contribution in [1.82, 2.24) is 13.7 Å². The highest BCUT2D eigenvalue weighted by Crippen LogP contribution is 2.40. The fourth-order valence-corrected chi connectivity index (χ4v) is 24.0. The van der Waals surface area contributed by atoms with E-state index in [1.165, 1.54) is 95.9 Å². The van der Waals surface area contributed by atoms with Gasteiger partial charge in [0.15, 0.2) is 16.1 Å². The lowest BCUT2D eigenvalue weighted by molar-refractivity contribution is 1.16. The molecule has 0 radical (unpaired) electrons. The van der Waals surface area contributed by atoms with Crippen molar-refractivity contribution in [3.05, 3.63) is 334 Å². The minimum Gasteiger partial charge on any atom is -0.309 e. The van der Waals surface area contributed by atoms with Crippen LogP contribution in [0.1, 0.15) is 0 Å². The Balaban J connectivity index is 1.08. The molecule has 0 atom stereocenters. The summed E-state index contributed by atoms with van der Waals surface area (Å²) in [6, 6.07) is 126. The van der Waals surface area contributed by atoms with E-state index >= 15 is 0 Å². The van der Waals surface area contributed by atoms with E-state index in [0.29, 0.717) is 0 Å². The lowest BCUT2D eigenvalue weighted by Gasteiger charge is -2.38. The third-order valence-electron chi connectivity index (χ3n) is 17.7. The third kappa shape index (κ3) is 7.49. The van der Waals surface area contributed by atoms with Gasteiger partial charge in [-0.05, 0) is 114 Å². The Morgan fingerprint density at radius 3 is 0.663 bits per heavy atom. The summed E-state index contributed by atoms with van der Waals surface area (Å²) in [5.41, 5.74) is 10.4. The van der Waals surface area contributed by atoms with Crippen molar-refractivity contribution in [2.45, 2.75) is 0 Å². The zero-order valence-corrected chi connectivity index (χ0v) is 47.6. The highest BCUT2D eigenvalue weighted by atomic mass is 28.3. The van der Waals surface area contributed by atoms with Crippen LogP contribution in [-0.4, -0.2) is 29.8 Å². The molecule has 0 amide bonds. The van der Waals surface area contributed by atoms with E-state index in [1.807, 2.05) is 0 Å². The second-order valence-corrected chi connectivity index (χ2v) is 29.6. The molecule has 0 saturated heterocycles. The van der Waals surface area contributed by atoms with Gasteiger partial charge in [0.1, 0.15) is 0 Å². The van der Waals surface area contributed by atoms with Crippen molar-refractivity contribution in [1.29, 1.82) is 0 Å². The van der Waals surface area contributed by atoms with Gasteiger partial charge >= 0.3 is 0 Å². The van der Waals surface area contributed by atoms with Gasteiger partial charge in [-0.1, -0.05) is 261 Å². The summed E-state index contributed by atoms with van der Waals surface area (Å²) >= 11 is 0. The van der Waals surface area contributed by atoms with Gasteiger partial charge in [-0.3, -0.25) is 0 Å². The molecule has 5 heteroatoms. The minimum atomic E-state index is -3.18. The van der Waals surface area contributed by atoms with E-state index in [9.17, 15) is 0 Å². The van der Waals surface area contributed by atoms with Crippen LogP contribution in [0.15, 0.2) is 334 Å². The quantitative estimate of drug-likeness (QED) is 0.0906. The topological polar surface area (TPSA) is 14.8 Å². The molecule has 83 heavy (non-hydrogen) atoms. The van der Waals surface area contributed by atoms with Crippen molar-refractivity contribution in [3.63, 3.8) is 0 Å². The van der Waals surface area contributed by atoms with Crippen LogP contribution in [-0.2, 0) is 0 Å². The average Bonchev–Trinajstić information content (AvgIpc) is 4.30. The van der Waals surface area contributed by atoms with Gasteiger partial charge in [0.05, 0.1) is 33.1 Å². The van der Waals surface area contributed by atoms with Gasteiger partial charge in [-0.25, -0.2) is 0 Å². The Bertz CT molecular complexity index is 4450. The van der Waals surface area contributed by atoms with E-state index in [0.717, 1.165) is 28.1 Å². The smallest absolute Gasteiger partial charge is 0.179 e. The van der Waals surface area contributed by atoms with E-state index in [1.54, 1.807) is 0 Å². The summed E-state index contributed by atoms with van der Waals surface area (Å²) in [6.45, 7) is 0. The molecule has 0 aliphatic rings. The molecule has 0 unspecified atom stereocenters. The van der Waals surface area contributed by atoms with Crippen molar-refractivity contribution >= 4 is 123 Å². The molecule has 0 saturated carbocycles. The number of nitrogens with zero attached hydrogens (tertiary/aromatic N) is 3. The molecule has 0 aliphatic heterocycles. The first-order chi connectivity index (χ1) is 41.2. The number of hydrogen-bond donors (Lipinski definition) is 0. The van der Waals surface area contributed by atoms with Crippen LogP contribution < -0.4 is 41.5 Å². The van der Waals surface area contributed by atoms with Crippen molar-refractivity contribution in [3.8, 4) is 17.1 Å². The maximum atomic E-state index is 2.66. The largest absolute Gasteiger partial charge is 0.309 e. The zero-order chi connectivity index (χ0) is 54.9. The van der Waals surface area contributed by atoms with Crippen molar-refractivity contribution in [2.24, 2.45) is 0 Å². The molecule has 16 rings (SSSR count). The Morgan fingerprint density at radius 2 is 0.386 bits per heavy atom. The number of rotatable bonds is 11. The fourth-order valence-electron chi connectivity index (χ4n) is 14.3. The number of aromatic nitrogens is 3. The molecule has 0 N–H and O–H groups in total. The van der Waals surface area contributed by atoms with Gasteiger partial charge in [0.25, 0.3) is 0 Å². The van der Waals surface area contributed by atoms with E-state index in [2.05, 4.69) is 347 Å². The molecule has 16 aromatic rings. The number of para-hydroxylation sites is 4. The maximum absolute atomic E-state index is 3.18. The summed E-state index contributed by atoms with van der Waals surface area (Å²) in [4.78, 5) is 0. The standard InChI is InChI=1S/C78H55N3Si2/c1-7-27-59(28-8-1)82(60-29-9-2-10-30-60,61-31-11-3-12-32-61)65-51-58(52-66(55-65)83(62-33-13-4-14-34-62,63-35-15-5-16-36-63)64-37-17-6-18-38-64)81-77-49-47-56(79-73-43-23-19-39-67(73)68-40-20-24-44-74(68)79)53-71(77)72-54-57(48-50-78(72)81)80-75-45-25-21-41-69(75)70-42-22-26-46-76(70)80/h1-55H. The molecule has 0 fully saturated rings. The van der Waals surface area contributed by atoms with Crippen molar-refractivity contribution in [2.75, 3.05) is 0 Å². The minimum absolute atomic E-state index is 1.12. The van der Waals surface area contributed by atoms with Gasteiger partial charge in [-0.15, -0.1) is 0 Å². The number of benzene rings is 13. The Labute approximate surface area is 484 Å². The lowest BCUT2D eigenvalue weighted by Crippen LogP contribution is -2.78. The van der Waals surface area contributed by atoms with Crippen LogP contribution in [0.5, 0.6) is 0 Å². The molecular formula is C78H55N3Si2. The molecule has 0 aliphatic carbocycles. The molecule has 3 nitrogen and oxygen atoms in total. The van der Waals surface area contributed by atoms with Gasteiger partial charge < -0.3 is 13.7 Å². The van der Waals surface area contributed by atoms with Gasteiger partial charge in [0, 0.05) is 49.4 Å². The highest BCUT2D eigenvalue weighted by Gasteiger charge is 2.46. The first kappa shape index (κ1) is 48.6. The van der Waals surface area contributed by atoms with Crippen LogP contribution in [0.25, 0.3) is 82.5 Å².